The Hall–Kier alpha value is -3.79. The maximum atomic E-state index is 12.9. The number of carboxylic acid groups (broad SMARTS) is 1. The average molecular weight is 1020 g/mol. The Morgan fingerprint density at radius 2 is 0.781 bits per heavy atom. The Bertz CT molecular complexity index is 1520. The maximum Gasteiger partial charge on any atom is 0.306 e. The van der Waals surface area contributed by atoms with Gasteiger partial charge in [0.05, 0.1) is 40.3 Å². The summed E-state index contributed by atoms with van der Waals surface area (Å²) in [6, 6.07) is 0. The summed E-state index contributed by atoms with van der Waals surface area (Å²) in [4.78, 5) is 37.3. The Balaban J connectivity index is 4.22. The smallest absolute Gasteiger partial charge is 0.306 e. The van der Waals surface area contributed by atoms with Gasteiger partial charge in [-0.1, -0.05) is 220 Å². The van der Waals surface area contributed by atoms with Crippen molar-refractivity contribution in [3.8, 4) is 0 Å². The molecule has 0 bridgehead atoms. The molecular formula is C64H109NO8. The van der Waals surface area contributed by atoms with Gasteiger partial charge < -0.3 is 33.3 Å². The highest BCUT2D eigenvalue weighted by Gasteiger charge is 2.22. The van der Waals surface area contributed by atoms with Crippen molar-refractivity contribution in [2.45, 2.75) is 245 Å². The molecule has 0 spiro atoms. The minimum absolute atomic E-state index is 0.142. The van der Waals surface area contributed by atoms with E-state index in [0.29, 0.717) is 17.4 Å². The molecule has 9 heteroatoms. The number of allylic oxidation sites excluding steroid dienone is 16. The van der Waals surface area contributed by atoms with Crippen LogP contribution in [0.15, 0.2) is 97.2 Å². The van der Waals surface area contributed by atoms with Crippen molar-refractivity contribution in [2.75, 3.05) is 47.5 Å². The van der Waals surface area contributed by atoms with Crippen molar-refractivity contribution in [1.82, 2.24) is 0 Å². The molecule has 0 saturated heterocycles. The first kappa shape index (κ1) is 69.2. The lowest BCUT2D eigenvalue weighted by atomic mass is 10.0. The number of unbranched alkanes of at least 4 members (excludes halogenated alkanes) is 22. The zero-order valence-corrected chi connectivity index (χ0v) is 47.5. The zero-order valence-electron chi connectivity index (χ0n) is 47.5. The molecule has 73 heavy (non-hydrogen) atoms. The summed E-state index contributed by atoms with van der Waals surface area (Å²) in [6.45, 7) is 4.60. The van der Waals surface area contributed by atoms with Crippen molar-refractivity contribution in [3.63, 3.8) is 0 Å². The fourth-order valence-electron chi connectivity index (χ4n) is 7.80. The van der Waals surface area contributed by atoms with Crippen LogP contribution in [0.25, 0.3) is 0 Å². The number of rotatable bonds is 53. The first-order valence-corrected chi connectivity index (χ1v) is 29.4. The van der Waals surface area contributed by atoms with Crippen molar-refractivity contribution >= 4 is 17.9 Å². The Kier molecular flexibility index (Phi) is 51.6. The van der Waals surface area contributed by atoms with Gasteiger partial charge >= 0.3 is 11.9 Å². The highest BCUT2D eigenvalue weighted by Crippen LogP contribution is 2.15. The summed E-state index contributed by atoms with van der Waals surface area (Å²) >= 11 is 0. The minimum Gasteiger partial charge on any atom is -0.545 e. The quantitative estimate of drug-likeness (QED) is 0.0195. The first-order chi connectivity index (χ1) is 35.6. The van der Waals surface area contributed by atoms with Crippen LogP contribution in [0.3, 0.4) is 0 Å². The molecule has 9 nitrogen and oxygen atoms in total. The molecule has 0 aromatic heterocycles. The normalized spacial score (nSPS) is 13.5. The topological polar surface area (TPSA) is 111 Å². The molecule has 0 rings (SSSR count). The standard InChI is InChI=1S/C64H109NO8/c1-6-8-10-12-14-16-18-20-22-24-25-26-27-28-29-30-31-32-33-34-35-36-37-39-41-43-45-47-49-51-53-55-62(67)73-60(59-72-64(63(68)69)70-57-56-65(3,4)5)58-71-61(66)54-52-50-48-46-44-42-40-38-23-21-19-17-15-13-11-9-7-2/h8,10,14-17,20-23,25-26,28-29,31-32,60,64H,6-7,9,11-13,18-19,24,27,30,33-59H2,1-5H3/b10-8-,16-14-,17-15-,22-20-,23-21-,26-25-,29-28-,32-31-. The van der Waals surface area contributed by atoms with E-state index < -0.39 is 24.3 Å². The van der Waals surface area contributed by atoms with Crippen LogP contribution in [-0.4, -0.2) is 82.3 Å². The van der Waals surface area contributed by atoms with E-state index in [1.165, 1.54) is 103 Å². The Morgan fingerprint density at radius 1 is 0.425 bits per heavy atom. The largest absolute Gasteiger partial charge is 0.545 e. The second kappa shape index (κ2) is 54.5. The van der Waals surface area contributed by atoms with Gasteiger partial charge in [-0.05, 0) is 96.3 Å². The summed E-state index contributed by atoms with van der Waals surface area (Å²) in [7, 11) is 5.91. The third-order valence-electron chi connectivity index (χ3n) is 12.3. The van der Waals surface area contributed by atoms with Crippen molar-refractivity contribution in [1.29, 1.82) is 0 Å². The second-order valence-electron chi connectivity index (χ2n) is 20.5. The molecule has 0 aliphatic rings. The van der Waals surface area contributed by atoms with Crippen LogP contribution in [0.4, 0.5) is 0 Å². The fraction of sp³-hybridized carbons (Fsp3) is 0.703. The Morgan fingerprint density at radius 3 is 1.16 bits per heavy atom. The molecule has 0 fully saturated rings. The molecule has 0 N–H and O–H groups in total. The first-order valence-electron chi connectivity index (χ1n) is 29.4. The van der Waals surface area contributed by atoms with E-state index in [4.69, 9.17) is 18.9 Å². The molecule has 0 heterocycles. The average Bonchev–Trinajstić information content (AvgIpc) is 3.36. The van der Waals surface area contributed by atoms with Crippen molar-refractivity contribution in [2.24, 2.45) is 0 Å². The van der Waals surface area contributed by atoms with E-state index in [2.05, 4.69) is 111 Å². The van der Waals surface area contributed by atoms with E-state index >= 15 is 0 Å². The number of carbonyl (C=O) groups is 3. The molecule has 0 aliphatic heterocycles. The van der Waals surface area contributed by atoms with Crippen molar-refractivity contribution in [3.05, 3.63) is 97.2 Å². The molecule has 0 amide bonds. The van der Waals surface area contributed by atoms with Gasteiger partial charge in [-0.2, -0.15) is 0 Å². The van der Waals surface area contributed by atoms with Crippen LogP contribution in [-0.2, 0) is 33.3 Å². The molecular weight excluding hydrogens is 911 g/mol. The molecule has 0 aliphatic carbocycles. The predicted molar refractivity (Wildman–Crippen MR) is 306 cm³/mol. The second-order valence-corrected chi connectivity index (χ2v) is 20.5. The number of carbonyl (C=O) groups excluding carboxylic acids is 3. The number of hydrogen-bond donors (Lipinski definition) is 0. The number of likely N-dealkylation sites (N-methyl/N-ethyl adjacent to an activating group) is 1. The van der Waals surface area contributed by atoms with E-state index in [1.54, 1.807) is 0 Å². The van der Waals surface area contributed by atoms with Crippen LogP contribution >= 0.6 is 0 Å². The lowest BCUT2D eigenvalue weighted by molar-refractivity contribution is -0.870. The lowest BCUT2D eigenvalue weighted by Gasteiger charge is -2.26. The molecule has 2 unspecified atom stereocenters. The van der Waals surface area contributed by atoms with Gasteiger partial charge in [0.1, 0.15) is 13.2 Å². The van der Waals surface area contributed by atoms with Crippen LogP contribution in [0.2, 0.25) is 0 Å². The van der Waals surface area contributed by atoms with Gasteiger partial charge in [-0.15, -0.1) is 0 Å². The number of esters is 2. The van der Waals surface area contributed by atoms with Crippen LogP contribution in [0.1, 0.15) is 232 Å². The van der Waals surface area contributed by atoms with Crippen LogP contribution in [0, 0.1) is 0 Å². The lowest BCUT2D eigenvalue weighted by Crippen LogP contribution is -2.44. The van der Waals surface area contributed by atoms with E-state index in [9.17, 15) is 19.5 Å². The molecule has 0 aromatic rings. The summed E-state index contributed by atoms with van der Waals surface area (Å²) in [5.41, 5.74) is 0. The van der Waals surface area contributed by atoms with E-state index in [1.807, 2.05) is 21.1 Å². The van der Waals surface area contributed by atoms with E-state index in [-0.39, 0.29) is 38.6 Å². The molecule has 0 saturated carbocycles. The Labute approximate surface area is 448 Å². The third-order valence-corrected chi connectivity index (χ3v) is 12.3. The minimum atomic E-state index is -1.63. The molecule has 0 radical (unpaired) electrons. The molecule has 2 atom stereocenters. The maximum absolute atomic E-state index is 12.9. The third kappa shape index (κ3) is 55.8. The van der Waals surface area contributed by atoms with Gasteiger partial charge in [0.25, 0.3) is 0 Å². The number of hydrogen-bond acceptors (Lipinski definition) is 8. The van der Waals surface area contributed by atoms with Gasteiger partial charge in [-0.25, -0.2) is 0 Å². The predicted octanol–water partition coefficient (Wildman–Crippen LogP) is 16.0. The number of nitrogens with zero attached hydrogens (tertiary/aromatic N) is 1. The highest BCUT2D eigenvalue weighted by molar-refractivity contribution is 5.70. The van der Waals surface area contributed by atoms with Gasteiger partial charge in [-0.3, -0.25) is 9.59 Å². The van der Waals surface area contributed by atoms with Crippen molar-refractivity contribution < 1.29 is 42.9 Å². The van der Waals surface area contributed by atoms with Crippen LogP contribution < -0.4 is 5.11 Å². The fourth-order valence-corrected chi connectivity index (χ4v) is 7.80. The molecule has 0 aromatic carbocycles. The SMILES string of the molecule is CC/C=C\C/C=C\C/C=C\C/C=C\C/C=C\C/C=C\CCCCCCCCCCCCCCC(=O)OC(COC(=O)CCCCCCCCC/C=C\C/C=C\CCCCC)COC(OCC[N+](C)(C)C)C(=O)[O-]. The monoisotopic (exact) mass is 1020 g/mol. The highest BCUT2D eigenvalue weighted by atomic mass is 16.7. The zero-order chi connectivity index (χ0) is 53.4. The van der Waals surface area contributed by atoms with E-state index in [0.717, 1.165) is 96.3 Å². The number of carboxylic acids is 1. The number of aliphatic carboxylic acids is 1. The summed E-state index contributed by atoms with van der Waals surface area (Å²) in [5, 5.41) is 11.8. The van der Waals surface area contributed by atoms with Crippen LogP contribution in [0.5, 0.6) is 0 Å². The number of ether oxygens (including phenoxy) is 4. The summed E-state index contributed by atoms with van der Waals surface area (Å²) < 4.78 is 22.7. The summed E-state index contributed by atoms with van der Waals surface area (Å²) in [6.07, 6.45) is 70.2. The van der Waals surface area contributed by atoms with Gasteiger partial charge in [0.2, 0.25) is 0 Å². The summed E-state index contributed by atoms with van der Waals surface area (Å²) in [5.74, 6) is -2.30. The van der Waals surface area contributed by atoms with Gasteiger partial charge in [0, 0.05) is 12.8 Å². The molecule has 418 valence electrons. The number of quaternary nitrogens is 1. The van der Waals surface area contributed by atoms with Gasteiger partial charge in [0.15, 0.2) is 12.4 Å².